The normalized spacial score (nSPS) is 15.6. The first-order valence-corrected chi connectivity index (χ1v) is 13.2. The minimum atomic E-state index is 0.0520. The summed E-state index contributed by atoms with van der Waals surface area (Å²) in [7, 11) is 1.65. The Labute approximate surface area is 218 Å². The Bertz CT molecular complexity index is 1360. The van der Waals surface area contributed by atoms with Crippen LogP contribution in [0.2, 0.25) is 0 Å². The number of rotatable bonds is 10. The molecule has 4 aromatic rings. The average molecular weight is 498 g/mol. The van der Waals surface area contributed by atoms with Gasteiger partial charge in [-0.3, -0.25) is 4.79 Å². The van der Waals surface area contributed by atoms with Gasteiger partial charge in [0.25, 0.3) is 0 Å². The number of imidazole rings is 1. The quantitative estimate of drug-likeness (QED) is 0.233. The minimum Gasteiger partial charge on any atom is -0.497 e. The van der Waals surface area contributed by atoms with E-state index in [4.69, 9.17) is 14.5 Å². The molecule has 1 aliphatic rings. The lowest BCUT2D eigenvalue weighted by molar-refractivity contribution is -0.117. The lowest BCUT2D eigenvalue weighted by Crippen LogP contribution is -2.24. The Balaban J connectivity index is 1.28. The van der Waals surface area contributed by atoms with Gasteiger partial charge < -0.3 is 18.9 Å². The molecule has 1 aliphatic heterocycles. The number of fused-ring (bicyclic) bond motifs is 1. The van der Waals surface area contributed by atoms with Crippen molar-refractivity contribution in [2.45, 2.75) is 51.5 Å². The van der Waals surface area contributed by atoms with Gasteiger partial charge in [0.1, 0.15) is 17.3 Å². The maximum Gasteiger partial charge on any atom is 0.227 e. The first kappa shape index (κ1) is 24.9. The summed E-state index contributed by atoms with van der Waals surface area (Å²) < 4.78 is 13.7. The number of methoxy groups -OCH3 is 1. The lowest BCUT2D eigenvalue weighted by atomic mass is 10.0. The van der Waals surface area contributed by atoms with Gasteiger partial charge in [-0.15, -0.1) is 0 Å². The maximum absolute atomic E-state index is 13.0. The van der Waals surface area contributed by atoms with Gasteiger partial charge in [-0.25, -0.2) is 4.98 Å². The van der Waals surface area contributed by atoms with Crippen LogP contribution in [0.15, 0.2) is 72.8 Å². The Hall–Kier alpha value is -3.80. The van der Waals surface area contributed by atoms with E-state index in [1.807, 2.05) is 41.3 Å². The number of carbonyl (C=O) groups excluding carboxylic acids is 1. The lowest BCUT2D eigenvalue weighted by Gasteiger charge is -2.18. The molecule has 6 heteroatoms. The summed E-state index contributed by atoms with van der Waals surface area (Å²) in [5, 5.41) is 0. The summed E-state index contributed by atoms with van der Waals surface area (Å²) in [6.07, 6.45) is 2.38. The topological polar surface area (TPSA) is 56.6 Å². The number of para-hydroxylation sites is 3. The molecule has 1 atom stereocenters. The molecule has 1 aromatic heterocycles. The highest BCUT2D eigenvalue weighted by Gasteiger charge is 2.34. The molecule has 0 bridgehead atoms. The van der Waals surface area contributed by atoms with Crippen molar-refractivity contribution in [3.05, 3.63) is 84.2 Å². The molecular weight excluding hydrogens is 462 g/mol. The third-order valence-corrected chi connectivity index (χ3v) is 7.13. The van der Waals surface area contributed by atoms with Gasteiger partial charge in [0.05, 0.1) is 24.8 Å². The Morgan fingerprint density at radius 3 is 2.51 bits per heavy atom. The molecule has 2 heterocycles. The second kappa shape index (κ2) is 11.1. The summed E-state index contributed by atoms with van der Waals surface area (Å²) >= 11 is 0. The average Bonchev–Trinajstić information content (AvgIpc) is 3.49. The van der Waals surface area contributed by atoms with E-state index in [1.54, 1.807) is 7.11 Å². The summed E-state index contributed by atoms with van der Waals surface area (Å²) in [5.74, 6) is 3.38. The fourth-order valence-electron chi connectivity index (χ4n) is 5.18. The van der Waals surface area contributed by atoms with E-state index in [9.17, 15) is 4.79 Å². The second-order valence-electron chi connectivity index (χ2n) is 9.96. The van der Waals surface area contributed by atoms with Gasteiger partial charge in [-0.2, -0.15) is 0 Å². The van der Waals surface area contributed by atoms with Crippen LogP contribution < -0.4 is 14.4 Å². The van der Waals surface area contributed by atoms with E-state index in [0.29, 0.717) is 25.5 Å². The molecule has 5 rings (SSSR count). The monoisotopic (exact) mass is 497 g/mol. The van der Waals surface area contributed by atoms with Crippen LogP contribution >= 0.6 is 0 Å². The third kappa shape index (κ3) is 5.33. The molecule has 1 unspecified atom stereocenters. The maximum atomic E-state index is 13.0. The van der Waals surface area contributed by atoms with Crippen LogP contribution in [-0.4, -0.2) is 35.7 Å². The van der Waals surface area contributed by atoms with Crippen LogP contribution in [0.4, 0.5) is 5.69 Å². The Kier molecular flexibility index (Phi) is 7.45. The predicted octanol–water partition coefficient (Wildman–Crippen LogP) is 6.55. The zero-order valence-corrected chi connectivity index (χ0v) is 21.9. The molecule has 1 fully saturated rings. The molecule has 0 N–H and O–H groups in total. The van der Waals surface area contributed by atoms with E-state index in [0.717, 1.165) is 53.4 Å². The van der Waals surface area contributed by atoms with Gasteiger partial charge in [0.2, 0.25) is 5.91 Å². The van der Waals surface area contributed by atoms with Crippen molar-refractivity contribution < 1.29 is 14.3 Å². The van der Waals surface area contributed by atoms with Gasteiger partial charge >= 0.3 is 0 Å². The van der Waals surface area contributed by atoms with E-state index in [2.05, 4.69) is 54.8 Å². The molecule has 0 spiro atoms. The van der Waals surface area contributed by atoms with Crippen LogP contribution in [0.1, 0.15) is 56.3 Å². The largest absolute Gasteiger partial charge is 0.497 e. The first-order chi connectivity index (χ1) is 18.0. The van der Waals surface area contributed by atoms with E-state index in [1.165, 1.54) is 5.56 Å². The molecule has 0 aliphatic carbocycles. The number of aromatic nitrogens is 2. The predicted molar refractivity (Wildman–Crippen MR) is 148 cm³/mol. The molecule has 1 saturated heterocycles. The first-order valence-electron chi connectivity index (χ1n) is 13.2. The smallest absolute Gasteiger partial charge is 0.227 e. The number of anilines is 1. The molecular formula is C31H35N3O3. The van der Waals surface area contributed by atoms with Gasteiger partial charge in [0, 0.05) is 31.1 Å². The fraction of sp³-hybridized carbons (Fsp3) is 0.355. The molecule has 1 amide bonds. The zero-order valence-electron chi connectivity index (χ0n) is 21.9. The van der Waals surface area contributed by atoms with Crippen LogP contribution in [0.3, 0.4) is 0 Å². The van der Waals surface area contributed by atoms with E-state index in [-0.39, 0.29) is 11.8 Å². The highest BCUT2D eigenvalue weighted by molar-refractivity contribution is 5.96. The number of unbranched alkanes of at least 4 members (excludes halogenated alkanes) is 1. The Morgan fingerprint density at radius 2 is 1.73 bits per heavy atom. The van der Waals surface area contributed by atoms with Crippen molar-refractivity contribution in [2.24, 2.45) is 0 Å². The molecule has 6 nitrogen and oxygen atoms in total. The molecule has 0 radical (unpaired) electrons. The van der Waals surface area contributed by atoms with E-state index < -0.39 is 0 Å². The van der Waals surface area contributed by atoms with Crippen LogP contribution in [0.25, 0.3) is 11.0 Å². The van der Waals surface area contributed by atoms with Crippen LogP contribution in [0.5, 0.6) is 11.5 Å². The van der Waals surface area contributed by atoms with E-state index >= 15 is 0 Å². The summed E-state index contributed by atoms with van der Waals surface area (Å²) in [6, 6.07) is 24.2. The minimum absolute atomic E-state index is 0.0520. The van der Waals surface area contributed by atoms with Gasteiger partial charge in [0.15, 0.2) is 0 Å². The second-order valence-corrected chi connectivity index (χ2v) is 9.96. The number of carbonyl (C=O) groups is 1. The van der Waals surface area contributed by atoms with Crippen molar-refractivity contribution in [2.75, 3.05) is 25.2 Å². The molecule has 3 aromatic carbocycles. The number of aryl methyl sites for hydroxylation is 1. The fourth-order valence-corrected chi connectivity index (χ4v) is 5.18. The summed E-state index contributed by atoms with van der Waals surface area (Å²) in [6.45, 7) is 6.54. The number of hydrogen-bond donors (Lipinski definition) is 0. The number of hydrogen-bond acceptors (Lipinski definition) is 4. The standard InChI is InChI=1S/C31H35N3O3/c1-22(2)26-10-4-7-13-29(26)37-19-9-8-18-33-28-12-6-5-11-27(28)32-31(33)23-20-30(35)34(21-23)24-14-16-25(36-3)17-15-24/h4-7,10-17,22-23H,8-9,18-21H2,1-3H3. The summed E-state index contributed by atoms with van der Waals surface area (Å²) in [5.41, 5.74) is 4.25. The Morgan fingerprint density at radius 1 is 0.973 bits per heavy atom. The van der Waals surface area contributed by atoms with Crippen molar-refractivity contribution in [3.63, 3.8) is 0 Å². The molecule has 0 saturated carbocycles. The summed E-state index contributed by atoms with van der Waals surface area (Å²) in [4.78, 5) is 19.9. The third-order valence-electron chi connectivity index (χ3n) is 7.13. The zero-order chi connectivity index (χ0) is 25.8. The number of nitrogens with zero attached hydrogens (tertiary/aromatic N) is 3. The molecule has 37 heavy (non-hydrogen) atoms. The SMILES string of the molecule is COc1ccc(N2CC(c3nc4ccccc4n3CCCCOc3ccccc3C(C)C)CC2=O)cc1. The van der Waals surface area contributed by atoms with Crippen molar-refractivity contribution >= 4 is 22.6 Å². The number of ether oxygens (including phenoxy) is 2. The highest BCUT2D eigenvalue weighted by Crippen LogP contribution is 2.34. The van der Waals surface area contributed by atoms with Crippen molar-refractivity contribution in [1.82, 2.24) is 9.55 Å². The highest BCUT2D eigenvalue weighted by atomic mass is 16.5. The number of amides is 1. The number of benzene rings is 3. The van der Waals surface area contributed by atoms with Crippen LogP contribution in [-0.2, 0) is 11.3 Å². The van der Waals surface area contributed by atoms with Crippen molar-refractivity contribution in [1.29, 1.82) is 0 Å². The molecule has 192 valence electrons. The van der Waals surface area contributed by atoms with Crippen LogP contribution in [0, 0.1) is 0 Å². The van der Waals surface area contributed by atoms with Gasteiger partial charge in [-0.1, -0.05) is 44.2 Å². The van der Waals surface area contributed by atoms with Gasteiger partial charge in [-0.05, 0) is 66.8 Å². The van der Waals surface area contributed by atoms with Crippen molar-refractivity contribution in [3.8, 4) is 11.5 Å².